The van der Waals surface area contributed by atoms with Gasteiger partial charge in [0.25, 0.3) is 0 Å². The molecular weight excluding hydrogens is 308 g/mol. The first kappa shape index (κ1) is 14.0. The van der Waals surface area contributed by atoms with Gasteiger partial charge in [0.2, 0.25) is 3.79 Å². The molecule has 0 bridgehead atoms. The predicted octanol–water partition coefficient (Wildman–Crippen LogP) is 4.77. The van der Waals surface area contributed by atoms with E-state index >= 15 is 0 Å². The molecule has 0 N–H and O–H groups in total. The summed E-state index contributed by atoms with van der Waals surface area (Å²) in [7, 11) is 0. The molecule has 0 radical (unpaired) electrons. The van der Waals surface area contributed by atoms with E-state index in [1.807, 2.05) is 0 Å². The Hall–Kier alpha value is 2.03. The lowest BCUT2D eigenvalue weighted by molar-refractivity contribution is 0.739. The maximum absolute atomic E-state index is 5.76. The number of hydrogen-bond donors (Lipinski definition) is 0. The fraction of sp³-hybridized carbons (Fsp3) is 1.00. The van der Waals surface area contributed by atoms with Crippen LogP contribution in [0.3, 0.4) is 0 Å². The van der Waals surface area contributed by atoms with Gasteiger partial charge in [0.05, 0.1) is 10.8 Å². The van der Waals surface area contributed by atoms with Crippen molar-refractivity contribution in [2.45, 2.75) is 25.8 Å². The first-order valence-corrected chi connectivity index (χ1v) is 5.76. The quantitative estimate of drug-likeness (QED) is 0.659. The molecule has 0 saturated carbocycles. The molecule has 0 aliphatic carbocycles. The second-order valence-corrected chi connectivity index (χ2v) is 6.76. The molecule has 0 nitrogen and oxygen atoms in total. The number of hydrogen-bond acceptors (Lipinski definition) is 0. The Morgan fingerprint density at radius 1 is 0.917 bits per heavy atom. The van der Waals surface area contributed by atoms with Crippen LogP contribution >= 0.6 is 81.2 Å². The molecule has 0 spiro atoms. The van der Waals surface area contributed by atoms with Gasteiger partial charge in [0.15, 0.2) is 0 Å². The second kappa shape index (κ2) is 5.80. The minimum absolute atomic E-state index is 0.271. The number of halogens is 7. The van der Waals surface area contributed by atoms with Crippen molar-refractivity contribution < 1.29 is 0 Å². The minimum atomic E-state index is -1.60. The molecule has 0 aromatic heterocycles. The fourth-order valence-corrected chi connectivity index (χ4v) is 2.18. The first-order valence-electron chi connectivity index (χ1n) is 2.88. The SMILES string of the molecule is ClC(Cl)CC(Cl)C(Cl)C(Cl)(Cl)Cl. The Bertz CT molecular complexity index is 128. The molecule has 2 unspecified atom stereocenters. The first-order chi connectivity index (χ1) is 5.25. The average molecular weight is 313 g/mol. The van der Waals surface area contributed by atoms with E-state index in [-0.39, 0.29) is 6.42 Å². The zero-order chi connectivity index (χ0) is 9.94. The highest BCUT2D eigenvalue weighted by Gasteiger charge is 2.36. The molecule has 0 fully saturated rings. The van der Waals surface area contributed by atoms with E-state index in [0.29, 0.717) is 0 Å². The van der Waals surface area contributed by atoms with Gasteiger partial charge in [-0.15, -0.1) is 46.4 Å². The Kier molecular flexibility index (Phi) is 6.78. The molecule has 74 valence electrons. The van der Waals surface area contributed by atoms with Crippen LogP contribution in [0.15, 0.2) is 0 Å². The van der Waals surface area contributed by atoms with Gasteiger partial charge >= 0.3 is 0 Å². The third-order valence-corrected chi connectivity index (χ3v) is 3.62. The Morgan fingerprint density at radius 3 is 1.58 bits per heavy atom. The van der Waals surface area contributed by atoms with Crippen molar-refractivity contribution in [1.29, 1.82) is 0 Å². The molecule has 0 aromatic rings. The Balaban J connectivity index is 4.01. The van der Waals surface area contributed by atoms with E-state index in [9.17, 15) is 0 Å². The molecule has 0 aliphatic heterocycles. The highest BCUT2D eigenvalue weighted by molar-refractivity contribution is 6.70. The van der Waals surface area contributed by atoms with E-state index < -0.39 is 19.4 Å². The van der Waals surface area contributed by atoms with E-state index in [2.05, 4.69) is 0 Å². The summed E-state index contributed by atoms with van der Waals surface area (Å²) in [4.78, 5) is -0.610. The van der Waals surface area contributed by atoms with Gasteiger partial charge in [0, 0.05) is 0 Å². The topological polar surface area (TPSA) is 0 Å². The zero-order valence-electron chi connectivity index (χ0n) is 5.58. The maximum atomic E-state index is 5.76. The fourth-order valence-electron chi connectivity index (χ4n) is 0.495. The normalized spacial score (nSPS) is 18.0. The van der Waals surface area contributed by atoms with Gasteiger partial charge in [-0.05, 0) is 6.42 Å². The van der Waals surface area contributed by atoms with E-state index in [0.717, 1.165) is 0 Å². The highest BCUT2D eigenvalue weighted by atomic mass is 35.6. The van der Waals surface area contributed by atoms with Crippen molar-refractivity contribution >= 4 is 81.2 Å². The van der Waals surface area contributed by atoms with Crippen LogP contribution in [0.2, 0.25) is 0 Å². The molecular formula is C5H5Cl7. The third kappa shape index (κ3) is 5.70. The van der Waals surface area contributed by atoms with Crippen LogP contribution in [0.4, 0.5) is 0 Å². The highest BCUT2D eigenvalue weighted by Crippen LogP contribution is 2.38. The summed E-state index contributed by atoms with van der Waals surface area (Å²) in [6, 6.07) is 0. The lowest BCUT2D eigenvalue weighted by atomic mass is 10.2. The molecule has 12 heavy (non-hydrogen) atoms. The lowest BCUT2D eigenvalue weighted by Crippen LogP contribution is -2.30. The Labute approximate surface area is 106 Å². The van der Waals surface area contributed by atoms with Crippen molar-refractivity contribution in [1.82, 2.24) is 0 Å². The van der Waals surface area contributed by atoms with Crippen molar-refractivity contribution in [2.75, 3.05) is 0 Å². The summed E-state index contributed by atoms with van der Waals surface area (Å²) in [5.74, 6) is 0. The summed E-state index contributed by atoms with van der Waals surface area (Å²) < 4.78 is -1.60. The molecule has 7 heteroatoms. The lowest BCUT2D eigenvalue weighted by Gasteiger charge is -2.22. The van der Waals surface area contributed by atoms with Crippen LogP contribution < -0.4 is 0 Å². The molecule has 0 heterocycles. The van der Waals surface area contributed by atoms with Crippen LogP contribution in [0.1, 0.15) is 6.42 Å². The van der Waals surface area contributed by atoms with Crippen LogP contribution in [0, 0.1) is 0 Å². The van der Waals surface area contributed by atoms with Crippen molar-refractivity contribution in [3.63, 3.8) is 0 Å². The summed E-state index contributed by atoms with van der Waals surface area (Å²) >= 11 is 38.9. The largest absolute Gasteiger partial charge is 0.208 e. The maximum Gasteiger partial charge on any atom is 0.208 e. The van der Waals surface area contributed by atoms with Crippen molar-refractivity contribution in [2.24, 2.45) is 0 Å². The molecule has 0 aromatic carbocycles. The van der Waals surface area contributed by atoms with Gasteiger partial charge in [-0.25, -0.2) is 0 Å². The van der Waals surface area contributed by atoms with Crippen LogP contribution in [-0.4, -0.2) is 19.4 Å². The molecule has 0 saturated heterocycles. The van der Waals surface area contributed by atoms with E-state index in [4.69, 9.17) is 81.2 Å². The summed E-state index contributed by atoms with van der Waals surface area (Å²) in [6.07, 6.45) is 0.271. The molecule has 0 rings (SSSR count). The van der Waals surface area contributed by atoms with E-state index in [1.165, 1.54) is 0 Å². The van der Waals surface area contributed by atoms with Gasteiger partial charge in [0.1, 0.15) is 4.84 Å². The van der Waals surface area contributed by atoms with Gasteiger partial charge in [-0.3, -0.25) is 0 Å². The van der Waals surface area contributed by atoms with Gasteiger partial charge in [-0.1, -0.05) is 34.8 Å². The molecule has 0 amide bonds. The third-order valence-electron chi connectivity index (χ3n) is 1.03. The van der Waals surface area contributed by atoms with Gasteiger partial charge < -0.3 is 0 Å². The summed E-state index contributed by atoms with van der Waals surface area (Å²) in [5, 5.41) is -1.39. The van der Waals surface area contributed by atoms with Crippen molar-refractivity contribution in [3.8, 4) is 0 Å². The monoisotopic (exact) mass is 310 g/mol. The molecule has 0 aliphatic rings. The zero-order valence-corrected chi connectivity index (χ0v) is 10.9. The molecule has 2 atom stereocenters. The summed E-state index contributed by atoms with van der Waals surface area (Å²) in [6.45, 7) is 0. The van der Waals surface area contributed by atoms with Crippen LogP contribution in [0.5, 0.6) is 0 Å². The number of rotatable bonds is 3. The number of alkyl halides is 7. The van der Waals surface area contributed by atoms with Crippen molar-refractivity contribution in [3.05, 3.63) is 0 Å². The van der Waals surface area contributed by atoms with Crippen LogP contribution in [0.25, 0.3) is 0 Å². The average Bonchev–Trinajstić information content (AvgIpc) is 1.82. The Morgan fingerprint density at radius 2 is 1.33 bits per heavy atom. The second-order valence-electron chi connectivity index (χ2n) is 2.09. The summed E-state index contributed by atoms with van der Waals surface area (Å²) in [5.41, 5.74) is 0. The van der Waals surface area contributed by atoms with E-state index in [1.54, 1.807) is 0 Å². The van der Waals surface area contributed by atoms with Gasteiger partial charge in [-0.2, -0.15) is 0 Å². The predicted molar refractivity (Wildman–Crippen MR) is 59.7 cm³/mol. The minimum Gasteiger partial charge on any atom is -0.121 e. The smallest absolute Gasteiger partial charge is 0.121 e. The standard InChI is InChI=1S/C5H5Cl7/c6-2(1-3(7)8)4(9)5(10,11)12/h2-4H,1H2. The van der Waals surface area contributed by atoms with Crippen LogP contribution in [-0.2, 0) is 0 Å².